The van der Waals surface area contributed by atoms with Crippen molar-refractivity contribution in [2.24, 2.45) is 11.7 Å². The van der Waals surface area contributed by atoms with Crippen LogP contribution in [0.2, 0.25) is 5.02 Å². The summed E-state index contributed by atoms with van der Waals surface area (Å²) in [5.74, 6) is -2.42. The standard InChI is InChI=1S/C14H17ClF2N2O.ClH/c15-10-6-12(17)11(16)5-9(10)14(20)19-13-4-2-1-3-8(13)7-18;/h5-6,8,13H,1-4,7,18H2,(H,19,20);1H. The van der Waals surface area contributed by atoms with Crippen LogP contribution in [0.25, 0.3) is 0 Å². The molecule has 21 heavy (non-hydrogen) atoms. The lowest BCUT2D eigenvalue weighted by atomic mass is 9.84. The van der Waals surface area contributed by atoms with Crippen molar-refractivity contribution in [3.05, 3.63) is 34.4 Å². The third-order valence-corrected chi connectivity index (χ3v) is 4.10. The Labute approximate surface area is 133 Å². The third kappa shape index (κ3) is 4.28. The molecule has 0 saturated heterocycles. The van der Waals surface area contributed by atoms with Crippen LogP contribution in [0, 0.1) is 17.6 Å². The van der Waals surface area contributed by atoms with Crippen LogP contribution in [0.5, 0.6) is 0 Å². The Balaban J connectivity index is 0.00000220. The lowest BCUT2D eigenvalue weighted by molar-refractivity contribution is 0.0907. The first-order valence-electron chi connectivity index (χ1n) is 6.68. The predicted molar refractivity (Wildman–Crippen MR) is 80.9 cm³/mol. The zero-order valence-corrected chi connectivity index (χ0v) is 12.9. The molecule has 1 aromatic carbocycles. The van der Waals surface area contributed by atoms with E-state index in [1.165, 1.54) is 0 Å². The van der Waals surface area contributed by atoms with Gasteiger partial charge in [-0.05, 0) is 37.4 Å². The van der Waals surface area contributed by atoms with Crippen LogP contribution in [0.15, 0.2) is 12.1 Å². The van der Waals surface area contributed by atoms with Gasteiger partial charge in [0.25, 0.3) is 5.91 Å². The van der Waals surface area contributed by atoms with E-state index >= 15 is 0 Å². The van der Waals surface area contributed by atoms with E-state index in [9.17, 15) is 13.6 Å². The summed E-state index contributed by atoms with van der Waals surface area (Å²) in [5, 5.41) is 2.74. The van der Waals surface area contributed by atoms with Crippen LogP contribution in [0.3, 0.4) is 0 Å². The van der Waals surface area contributed by atoms with Crippen molar-refractivity contribution in [2.45, 2.75) is 31.7 Å². The normalized spacial score (nSPS) is 21.5. The molecule has 1 saturated carbocycles. The minimum atomic E-state index is -1.08. The quantitative estimate of drug-likeness (QED) is 0.831. The van der Waals surface area contributed by atoms with Gasteiger partial charge >= 0.3 is 0 Å². The molecule has 0 spiro atoms. The van der Waals surface area contributed by atoms with Crippen molar-refractivity contribution in [3.8, 4) is 0 Å². The monoisotopic (exact) mass is 338 g/mol. The molecule has 2 atom stereocenters. The Kier molecular flexibility index (Phi) is 6.84. The number of rotatable bonds is 3. The molecule has 3 N–H and O–H groups in total. The van der Waals surface area contributed by atoms with Gasteiger partial charge in [0.1, 0.15) is 0 Å². The highest BCUT2D eigenvalue weighted by atomic mass is 35.5. The third-order valence-electron chi connectivity index (χ3n) is 3.78. The summed E-state index contributed by atoms with van der Waals surface area (Å²) in [6.45, 7) is 0.496. The first-order chi connectivity index (χ1) is 9.52. The van der Waals surface area contributed by atoms with E-state index in [2.05, 4.69) is 5.32 Å². The molecule has 3 nitrogen and oxygen atoms in total. The van der Waals surface area contributed by atoms with Gasteiger partial charge in [-0.2, -0.15) is 0 Å². The lowest BCUT2D eigenvalue weighted by Gasteiger charge is -2.31. The Bertz CT molecular complexity index is 514. The minimum absolute atomic E-state index is 0. The summed E-state index contributed by atoms with van der Waals surface area (Å²) < 4.78 is 26.2. The maximum absolute atomic E-state index is 13.2. The molecule has 1 aromatic rings. The molecule has 1 aliphatic rings. The van der Waals surface area contributed by atoms with Crippen LogP contribution in [-0.4, -0.2) is 18.5 Å². The van der Waals surface area contributed by atoms with E-state index in [4.69, 9.17) is 17.3 Å². The molecule has 2 rings (SSSR count). The second-order valence-electron chi connectivity index (χ2n) is 5.11. The summed E-state index contributed by atoms with van der Waals surface area (Å²) in [6, 6.07) is 1.60. The van der Waals surface area contributed by atoms with E-state index in [1.807, 2.05) is 0 Å². The van der Waals surface area contributed by atoms with Crippen molar-refractivity contribution in [1.82, 2.24) is 5.32 Å². The molecular weight excluding hydrogens is 321 g/mol. The van der Waals surface area contributed by atoms with Gasteiger partial charge < -0.3 is 11.1 Å². The molecule has 0 radical (unpaired) electrons. The first kappa shape index (κ1) is 18.1. The number of amides is 1. The lowest BCUT2D eigenvalue weighted by Crippen LogP contribution is -2.44. The fraction of sp³-hybridized carbons (Fsp3) is 0.500. The maximum atomic E-state index is 13.2. The number of nitrogens with two attached hydrogens (primary N) is 1. The van der Waals surface area contributed by atoms with Gasteiger partial charge in [-0.3, -0.25) is 4.79 Å². The molecule has 0 heterocycles. The average molecular weight is 339 g/mol. The SMILES string of the molecule is Cl.NCC1CCCCC1NC(=O)c1cc(F)c(F)cc1Cl. The molecule has 1 fully saturated rings. The molecule has 7 heteroatoms. The number of halogens is 4. The van der Waals surface area contributed by atoms with E-state index in [0.29, 0.717) is 6.54 Å². The van der Waals surface area contributed by atoms with E-state index < -0.39 is 17.5 Å². The summed E-state index contributed by atoms with van der Waals surface area (Å²) in [7, 11) is 0. The van der Waals surface area contributed by atoms with Gasteiger partial charge in [-0.25, -0.2) is 8.78 Å². The average Bonchev–Trinajstić information content (AvgIpc) is 2.43. The van der Waals surface area contributed by atoms with Crippen LogP contribution in [0.4, 0.5) is 8.78 Å². The van der Waals surface area contributed by atoms with E-state index in [-0.39, 0.29) is 35.0 Å². The molecule has 2 unspecified atom stereocenters. The van der Waals surface area contributed by atoms with E-state index in [1.54, 1.807) is 0 Å². The molecule has 118 valence electrons. The van der Waals surface area contributed by atoms with Gasteiger partial charge in [-0.1, -0.05) is 24.4 Å². The van der Waals surface area contributed by atoms with Crippen molar-refractivity contribution in [1.29, 1.82) is 0 Å². The Morgan fingerprint density at radius 1 is 1.29 bits per heavy atom. The number of carbonyl (C=O) groups is 1. The van der Waals surface area contributed by atoms with Gasteiger partial charge in [-0.15, -0.1) is 12.4 Å². The van der Waals surface area contributed by atoms with Crippen LogP contribution in [-0.2, 0) is 0 Å². The maximum Gasteiger partial charge on any atom is 0.253 e. The second kappa shape index (κ2) is 7.92. The zero-order chi connectivity index (χ0) is 14.7. The fourth-order valence-electron chi connectivity index (χ4n) is 2.62. The summed E-state index contributed by atoms with van der Waals surface area (Å²) >= 11 is 5.79. The first-order valence-corrected chi connectivity index (χ1v) is 7.06. The van der Waals surface area contributed by atoms with Crippen molar-refractivity contribution < 1.29 is 13.6 Å². The van der Waals surface area contributed by atoms with Crippen molar-refractivity contribution in [3.63, 3.8) is 0 Å². The molecule has 0 bridgehead atoms. The van der Waals surface area contributed by atoms with Gasteiger partial charge in [0, 0.05) is 6.04 Å². The van der Waals surface area contributed by atoms with Gasteiger partial charge in [0.15, 0.2) is 11.6 Å². The van der Waals surface area contributed by atoms with E-state index in [0.717, 1.165) is 37.8 Å². The highest BCUT2D eigenvalue weighted by molar-refractivity contribution is 6.33. The van der Waals surface area contributed by atoms with Gasteiger partial charge in [0.05, 0.1) is 10.6 Å². The number of hydrogen-bond donors (Lipinski definition) is 2. The topological polar surface area (TPSA) is 55.1 Å². The smallest absolute Gasteiger partial charge is 0.253 e. The summed E-state index contributed by atoms with van der Waals surface area (Å²) in [5.41, 5.74) is 5.65. The molecular formula is C14H18Cl2F2N2O. The highest BCUT2D eigenvalue weighted by Crippen LogP contribution is 2.25. The molecule has 0 aliphatic heterocycles. The van der Waals surface area contributed by atoms with Crippen molar-refractivity contribution >= 4 is 29.9 Å². The largest absolute Gasteiger partial charge is 0.349 e. The second-order valence-corrected chi connectivity index (χ2v) is 5.51. The minimum Gasteiger partial charge on any atom is -0.349 e. The number of hydrogen-bond acceptors (Lipinski definition) is 2. The summed E-state index contributed by atoms with van der Waals surface area (Å²) in [6.07, 6.45) is 3.93. The Morgan fingerprint density at radius 2 is 1.90 bits per heavy atom. The Hall–Kier alpha value is -0.910. The van der Waals surface area contributed by atoms with Crippen LogP contribution in [0.1, 0.15) is 36.0 Å². The fourth-order valence-corrected chi connectivity index (χ4v) is 2.86. The Morgan fingerprint density at radius 3 is 2.57 bits per heavy atom. The summed E-state index contributed by atoms with van der Waals surface area (Å²) in [4.78, 5) is 12.1. The number of nitrogens with one attached hydrogen (secondary N) is 1. The zero-order valence-electron chi connectivity index (χ0n) is 11.4. The molecule has 0 aromatic heterocycles. The number of carbonyl (C=O) groups excluding carboxylic acids is 1. The molecule has 1 amide bonds. The predicted octanol–water partition coefficient (Wildman–Crippen LogP) is 3.29. The number of benzene rings is 1. The van der Waals surface area contributed by atoms with Crippen molar-refractivity contribution in [2.75, 3.05) is 6.54 Å². The van der Waals surface area contributed by atoms with Gasteiger partial charge in [0.2, 0.25) is 0 Å². The van der Waals surface area contributed by atoms with Crippen LogP contribution < -0.4 is 11.1 Å². The molecule has 1 aliphatic carbocycles. The highest BCUT2D eigenvalue weighted by Gasteiger charge is 2.26. The van der Waals surface area contributed by atoms with Crippen LogP contribution >= 0.6 is 24.0 Å².